The Balaban J connectivity index is 2.31. The zero-order chi connectivity index (χ0) is 12.7. The molecule has 17 heavy (non-hydrogen) atoms. The van der Waals surface area contributed by atoms with Crippen LogP contribution in [0.3, 0.4) is 0 Å². The van der Waals surface area contributed by atoms with E-state index in [1.165, 1.54) is 0 Å². The molecule has 0 spiro atoms. The van der Waals surface area contributed by atoms with Gasteiger partial charge in [-0.2, -0.15) is 0 Å². The highest BCUT2D eigenvalue weighted by atomic mass is 16.5. The van der Waals surface area contributed by atoms with Crippen LogP contribution < -0.4 is 4.74 Å². The first kappa shape index (κ1) is 13.2. The van der Waals surface area contributed by atoms with Gasteiger partial charge in [-0.3, -0.25) is 9.59 Å². The van der Waals surface area contributed by atoms with Crippen LogP contribution in [0.25, 0.3) is 0 Å². The van der Waals surface area contributed by atoms with Crippen LogP contribution in [-0.2, 0) is 4.79 Å². The van der Waals surface area contributed by atoms with Crippen LogP contribution >= 0.6 is 0 Å². The number of carbonyl (C=O) groups excluding carboxylic acids is 2. The maximum absolute atomic E-state index is 11.3. The fraction of sp³-hybridized carbons (Fsp3) is 0.385. The maximum atomic E-state index is 11.3. The smallest absolute Gasteiger partial charge is 0.222 e. The zero-order valence-corrected chi connectivity index (χ0v) is 10.2. The molecule has 0 aliphatic carbocycles. The molecule has 0 saturated heterocycles. The van der Waals surface area contributed by atoms with Crippen molar-refractivity contribution in [2.75, 3.05) is 20.7 Å². The summed E-state index contributed by atoms with van der Waals surface area (Å²) >= 11 is 0. The Labute approximate surface area is 101 Å². The average Bonchev–Trinajstić information content (AvgIpc) is 2.34. The number of benzene rings is 1. The van der Waals surface area contributed by atoms with Gasteiger partial charge in [-0.1, -0.05) is 12.1 Å². The number of amides is 1. The van der Waals surface area contributed by atoms with E-state index in [1.54, 1.807) is 43.3 Å². The summed E-state index contributed by atoms with van der Waals surface area (Å²) in [4.78, 5) is 23.4. The topological polar surface area (TPSA) is 46.6 Å². The van der Waals surface area contributed by atoms with E-state index in [-0.39, 0.29) is 5.91 Å². The van der Waals surface area contributed by atoms with Crippen LogP contribution in [0.15, 0.2) is 24.3 Å². The highest BCUT2D eigenvalue weighted by molar-refractivity contribution is 5.75. The van der Waals surface area contributed by atoms with Crippen LogP contribution in [0, 0.1) is 0 Å². The first-order valence-corrected chi connectivity index (χ1v) is 5.51. The second-order valence-corrected chi connectivity index (χ2v) is 3.93. The van der Waals surface area contributed by atoms with E-state index in [9.17, 15) is 9.59 Å². The van der Waals surface area contributed by atoms with Gasteiger partial charge in [0.15, 0.2) is 0 Å². The molecule has 1 rings (SSSR count). The quantitative estimate of drug-likeness (QED) is 0.557. The fourth-order valence-corrected chi connectivity index (χ4v) is 1.31. The molecule has 0 N–H and O–H groups in total. The molecular formula is C13H17NO3. The van der Waals surface area contributed by atoms with Crippen LogP contribution in [0.5, 0.6) is 5.75 Å². The number of aldehydes is 1. The van der Waals surface area contributed by atoms with Crippen LogP contribution in [-0.4, -0.2) is 37.8 Å². The molecule has 0 fully saturated rings. The molecule has 1 amide bonds. The van der Waals surface area contributed by atoms with Gasteiger partial charge in [-0.05, 0) is 18.6 Å². The van der Waals surface area contributed by atoms with E-state index in [4.69, 9.17) is 4.74 Å². The average molecular weight is 235 g/mol. The summed E-state index contributed by atoms with van der Waals surface area (Å²) in [6, 6.07) is 6.96. The molecule has 0 aliphatic heterocycles. The van der Waals surface area contributed by atoms with Gasteiger partial charge in [-0.25, -0.2) is 0 Å². The number of nitrogens with zero attached hydrogens (tertiary/aromatic N) is 1. The number of ether oxygens (including phenoxy) is 1. The molecule has 0 unspecified atom stereocenters. The number of carbonyl (C=O) groups is 2. The molecule has 0 aliphatic rings. The molecule has 0 saturated carbocycles. The number of hydrogen-bond acceptors (Lipinski definition) is 3. The Kier molecular flexibility index (Phi) is 5.20. The Bertz CT molecular complexity index is 388. The molecule has 0 heterocycles. The summed E-state index contributed by atoms with van der Waals surface area (Å²) < 4.78 is 5.45. The summed E-state index contributed by atoms with van der Waals surface area (Å²) in [5.41, 5.74) is 0.590. The standard InChI is InChI=1S/C13H17NO3/c1-14(2)13(16)7-4-8-17-12-6-3-5-11(9-12)10-15/h3,5-6,9-10H,4,7-8H2,1-2H3. The van der Waals surface area contributed by atoms with Crippen molar-refractivity contribution in [3.05, 3.63) is 29.8 Å². The molecule has 4 heteroatoms. The Hall–Kier alpha value is -1.84. The van der Waals surface area contributed by atoms with Gasteiger partial charge in [-0.15, -0.1) is 0 Å². The predicted octanol–water partition coefficient (Wildman–Crippen LogP) is 1.75. The minimum atomic E-state index is 0.0928. The first-order chi connectivity index (χ1) is 8.13. The van der Waals surface area contributed by atoms with Gasteiger partial charge in [0.1, 0.15) is 12.0 Å². The monoisotopic (exact) mass is 235 g/mol. The van der Waals surface area contributed by atoms with Crippen molar-refractivity contribution >= 4 is 12.2 Å². The molecule has 1 aromatic carbocycles. The molecule has 92 valence electrons. The van der Waals surface area contributed by atoms with E-state index in [0.29, 0.717) is 30.8 Å². The zero-order valence-electron chi connectivity index (χ0n) is 10.2. The number of rotatable bonds is 6. The lowest BCUT2D eigenvalue weighted by Crippen LogP contribution is -2.21. The van der Waals surface area contributed by atoms with Crippen molar-refractivity contribution < 1.29 is 14.3 Å². The third-order valence-corrected chi connectivity index (χ3v) is 2.30. The van der Waals surface area contributed by atoms with Gasteiger partial charge >= 0.3 is 0 Å². The van der Waals surface area contributed by atoms with E-state index >= 15 is 0 Å². The van der Waals surface area contributed by atoms with Crippen molar-refractivity contribution in [2.24, 2.45) is 0 Å². The highest BCUT2D eigenvalue weighted by Gasteiger charge is 2.03. The second kappa shape index (κ2) is 6.68. The van der Waals surface area contributed by atoms with Crippen LogP contribution in [0.1, 0.15) is 23.2 Å². The van der Waals surface area contributed by atoms with Crippen molar-refractivity contribution in [1.82, 2.24) is 4.90 Å². The molecule has 0 bridgehead atoms. The van der Waals surface area contributed by atoms with E-state index in [1.807, 2.05) is 0 Å². The fourth-order valence-electron chi connectivity index (χ4n) is 1.31. The SMILES string of the molecule is CN(C)C(=O)CCCOc1cccc(C=O)c1. The summed E-state index contributed by atoms with van der Waals surface area (Å²) in [6.45, 7) is 0.474. The normalized spacial score (nSPS) is 9.76. The van der Waals surface area contributed by atoms with Crippen molar-refractivity contribution in [3.8, 4) is 5.75 Å². The van der Waals surface area contributed by atoms with Crippen LogP contribution in [0.4, 0.5) is 0 Å². The Morgan fingerprint density at radius 1 is 1.41 bits per heavy atom. The predicted molar refractivity (Wildman–Crippen MR) is 65.3 cm³/mol. The summed E-state index contributed by atoms with van der Waals surface area (Å²) in [5, 5.41) is 0. The lowest BCUT2D eigenvalue weighted by Gasteiger charge is -2.10. The molecule has 1 aromatic rings. The highest BCUT2D eigenvalue weighted by Crippen LogP contribution is 2.12. The van der Waals surface area contributed by atoms with Crippen molar-refractivity contribution in [3.63, 3.8) is 0 Å². The third kappa shape index (κ3) is 4.68. The minimum absolute atomic E-state index is 0.0928. The summed E-state index contributed by atoms with van der Waals surface area (Å²) in [5.74, 6) is 0.752. The Morgan fingerprint density at radius 2 is 2.18 bits per heavy atom. The van der Waals surface area contributed by atoms with E-state index in [2.05, 4.69) is 0 Å². The minimum Gasteiger partial charge on any atom is -0.494 e. The first-order valence-electron chi connectivity index (χ1n) is 5.51. The van der Waals surface area contributed by atoms with Gasteiger partial charge in [0, 0.05) is 26.1 Å². The molecule has 0 radical (unpaired) electrons. The molecular weight excluding hydrogens is 218 g/mol. The van der Waals surface area contributed by atoms with E-state index in [0.717, 1.165) is 6.29 Å². The van der Waals surface area contributed by atoms with Gasteiger partial charge in [0.2, 0.25) is 5.91 Å². The summed E-state index contributed by atoms with van der Waals surface area (Å²) in [7, 11) is 3.47. The van der Waals surface area contributed by atoms with Crippen molar-refractivity contribution in [2.45, 2.75) is 12.8 Å². The third-order valence-electron chi connectivity index (χ3n) is 2.30. The van der Waals surface area contributed by atoms with Crippen LogP contribution in [0.2, 0.25) is 0 Å². The number of hydrogen-bond donors (Lipinski definition) is 0. The van der Waals surface area contributed by atoms with Gasteiger partial charge < -0.3 is 9.64 Å². The van der Waals surface area contributed by atoms with Gasteiger partial charge in [0.05, 0.1) is 6.61 Å². The second-order valence-electron chi connectivity index (χ2n) is 3.93. The lowest BCUT2D eigenvalue weighted by atomic mass is 10.2. The largest absolute Gasteiger partial charge is 0.494 e. The Morgan fingerprint density at radius 3 is 2.82 bits per heavy atom. The van der Waals surface area contributed by atoms with E-state index < -0.39 is 0 Å². The lowest BCUT2D eigenvalue weighted by molar-refractivity contribution is -0.128. The molecule has 0 aromatic heterocycles. The maximum Gasteiger partial charge on any atom is 0.222 e. The summed E-state index contributed by atoms with van der Waals surface area (Å²) in [6.07, 6.45) is 1.92. The molecule has 0 atom stereocenters. The molecule has 4 nitrogen and oxygen atoms in total. The van der Waals surface area contributed by atoms with Crippen molar-refractivity contribution in [1.29, 1.82) is 0 Å². The van der Waals surface area contributed by atoms with Gasteiger partial charge in [0.25, 0.3) is 0 Å².